The lowest BCUT2D eigenvalue weighted by Crippen LogP contribution is -2.36. The number of rotatable bonds is 5. The second kappa shape index (κ2) is 7.51. The van der Waals surface area contributed by atoms with Crippen molar-refractivity contribution >= 4 is 5.82 Å². The van der Waals surface area contributed by atoms with Gasteiger partial charge in [-0.3, -0.25) is 14.9 Å². The van der Waals surface area contributed by atoms with Gasteiger partial charge < -0.3 is 5.32 Å². The number of piperidine rings is 1. The normalized spacial score (nSPS) is 18.8. The minimum atomic E-state index is 0.648. The van der Waals surface area contributed by atoms with Crippen molar-refractivity contribution in [3.05, 3.63) is 47.7 Å². The van der Waals surface area contributed by atoms with E-state index in [-0.39, 0.29) is 0 Å². The van der Waals surface area contributed by atoms with Crippen molar-refractivity contribution in [1.29, 1.82) is 0 Å². The highest BCUT2D eigenvalue weighted by molar-refractivity contribution is 5.38. The van der Waals surface area contributed by atoms with E-state index in [9.17, 15) is 0 Å². The summed E-state index contributed by atoms with van der Waals surface area (Å²) in [5, 5.41) is 3.15. The van der Waals surface area contributed by atoms with Gasteiger partial charge in [-0.05, 0) is 55.8 Å². The molecule has 2 aromatic heterocycles. The Hall–Kier alpha value is -2.01. The first kappa shape index (κ1) is 15.9. The summed E-state index contributed by atoms with van der Waals surface area (Å²) in [6.07, 6.45) is 10.9. The molecule has 1 N–H and O–H groups in total. The SMILES string of the molecule is CNc1nccnc1C[C@@H]1CCCN(Cc2ccncc2C)C1. The Morgan fingerprint density at radius 2 is 2.13 bits per heavy atom. The van der Waals surface area contributed by atoms with E-state index in [1.807, 2.05) is 19.4 Å². The molecule has 0 aliphatic carbocycles. The molecule has 5 nitrogen and oxygen atoms in total. The van der Waals surface area contributed by atoms with E-state index in [0.29, 0.717) is 5.92 Å². The first-order chi connectivity index (χ1) is 11.3. The number of nitrogens with one attached hydrogen (secondary N) is 1. The van der Waals surface area contributed by atoms with Crippen molar-refractivity contribution in [1.82, 2.24) is 19.9 Å². The number of anilines is 1. The molecule has 122 valence electrons. The average molecular weight is 311 g/mol. The molecule has 0 aromatic carbocycles. The highest BCUT2D eigenvalue weighted by atomic mass is 15.1. The van der Waals surface area contributed by atoms with Gasteiger partial charge >= 0.3 is 0 Å². The number of nitrogens with zero attached hydrogens (tertiary/aromatic N) is 4. The number of aromatic nitrogens is 3. The maximum Gasteiger partial charge on any atom is 0.147 e. The van der Waals surface area contributed by atoms with E-state index in [2.05, 4.69) is 38.2 Å². The summed E-state index contributed by atoms with van der Waals surface area (Å²) in [7, 11) is 1.91. The van der Waals surface area contributed by atoms with E-state index < -0.39 is 0 Å². The summed E-state index contributed by atoms with van der Waals surface area (Å²) in [5.74, 6) is 1.56. The highest BCUT2D eigenvalue weighted by Crippen LogP contribution is 2.24. The zero-order valence-corrected chi connectivity index (χ0v) is 14.0. The van der Waals surface area contributed by atoms with Crippen molar-refractivity contribution < 1.29 is 0 Å². The smallest absolute Gasteiger partial charge is 0.147 e. The summed E-state index contributed by atoms with van der Waals surface area (Å²) in [4.78, 5) is 15.6. The van der Waals surface area contributed by atoms with Gasteiger partial charge in [0.05, 0.1) is 5.69 Å². The van der Waals surface area contributed by atoms with E-state index in [4.69, 9.17) is 0 Å². The van der Waals surface area contributed by atoms with Crippen LogP contribution in [-0.2, 0) is 13.0 Å². The van der Waals surface area contributed by atoms with Crippen LogP contribution in [0.25, 0.3) is 0 Å². The molecule has 0 radical (unpaired) electrons. The van der Waals surface area contributed by atoms with E-state index in [1.54, 1.807) is 12.4 Å². The molecule has 2 aromatic rings. The van der Waals surface area contributed by atoms with Crippen LogP contribution >= 0.6 is 0 Å². The Labute approximate surface area is 138 Å². The molecule has 1 fully saturated rings. The molecule has 0 bridgehead atoms. The zero-order valence-electron chi connectivity index (χ0n) is 14.0. The van der Waals surface area contributed by atoms with Crippen LogP contribution in [0.1, 0.15) is 29.7 Å². The summed E-state index contributed by atoms with van der Waals surface area (Å²) in [6, 6.07) is 2.14. The van der Waals surface area contributed by atoms with Crippen molar-refractivity contribution in [2.75, 3.05) is 25.5 Å². The first-order valence-corrected chi connectivity index (χ1v) is 8.35. The number of hydrogen-bond donors (Lipinski definition) is 1. The quantitative estimate of drug-likeness (QED) is 0.920. The molecule has 3 rings (SSSR count). The molecule has 1 aliphatic heterocycles. The van der Waals surface area contributed by atoms with Gasteiger partial charge in [0.1, 0.15) is 5.82 Å². The predicted octanol–water partition coefficient (Wildman–Crippen LogP) is 2.68. The topological polar surface area (TPSA) is 53.9 Å². The van der Waals surface area contributed by atoms with E-state index in [0.717, 1.165) is 31.0 Å². The standard InChI is InChI=1S/C18H25N5/c1-14-11-20-6-5-16(14)13-23-9-3-4-15(12-23)10-17-18(19-2)22-8-7-21-17/h5-8,11,15H,3-4,9-10,12-13H2,1-2H3,(H,19,22)/t15-/m0/s1. The third-order valence-corrected chi connectivity index (χ3v) is 4.63. The molecule has 0 saturated carbocycles. The Kier molecular flexibility index (Phi) is 5.18. The van der Waals surface area contributed by atoms with Gasteiger partial charge in [0.25, 0.3) is 0 Å². The molecule has 0 amide bonds. The van der Waals surface area contributed by atoms with Crippen LogP contribution in [0.2, 0.25) is 0 Å². The third kappa shape index (κ3) is 4.05. The van der Waals surface area contributed by atoms with Crippen molar-refractivity contribution in [3.8, 4) is 0 Å². The summed E-state index contributed by atoms with van der Waals surface area (Å²) in [6.45, 7) is 5.46. The molecule has 1 atom stereocenters. The lowest BCUT2D eigenvalue weighted by Gasteiger charge is -2.33. The predicted molar refractivity (Wildman–Crippen MR) is 92.3 cm³/mol. The Bertz CT molecular complexity index is 643. The second-order valence-corrected chi connectivity index (χ2v) is 6.35. The van der Waals surface area contributed by atoms with Crippen molar-refractivity contribution in [3.63, 3.8) is 0 Å². The Morgan fingerprint density at radius 1 is 1.26 bits per heavy atom. The van der Waals surface area contributed by atoms with Gasteiger partial charge in [0, 0.05) is 44.9 Å². The Morgan fingerprint density at radius 3 is 2.96 bits per heavy atom. The summed E-state index contributed by atoms with van der Waals surface area (Å²) >= 11 is 0. The van der Waals surface area contributed by atoms with Crippen LogP contribution in [0.15, 0.2) is 30.9 Å². The van der Waals surface area contributed by atoms with Gasteiger partial charge in [0.15, 0.2) is 0 Å². The van der Waals surface area contributed by atoms with Gasteiger partial charge in [0.2, 0.25) is 0 Å². The van der Waals surface area contributed by atoms with Crippen LogP contribution < -0.4 is 5.32 Å². The summed E-state index contributed by atoms with van der Waals surface area (Å²) < 4.78 is 0. The fourth-order valence-corrected chi connectivity index (χ4v) is 3.38. The van der Waals surface area contributed by atoms with E-state index >= 15 is 0 Å². The third-order valence-electron chi connectivity index (χ3n) is 4.63. The number of hydrogen-bond acceptors (Lipinski definition) is 5. The van der Waals surface area contributed by atoms with E-state index in [1.165, 1.54) is 30.5 Å². The van der Waals surface area contributed by atoms with Crippen LogP contribution in [0.3, 0.4) is 0 Å². The fourth-order valence-electron chi connectivity index (χ4n) is 3.38. The second-order valence-electron chi connectivity index (χ2n) is 6.35. The van der Waals surface area contributed by atoms with Gasteiger partial charge in [-0.15, -0.1) is 0 Å². The minimum Gasteiger partial charge on any atom is -0.372 e. The van der Waals surface area contributed by atoms with Crippen LogP contribution in [0.5, 0.6) is 0 Å². The number of likely N-dealkylation sites (tertiary alicyclic amines) is 1. The Balaban J connectivity index is 1.63. The average Bonchev–Trinajstić information content (AvgIpc) is 2.58. The van der Waals surface area contributed by atoms with Crippen molar-refractivity contribution in [2.24, 2.45) is 5.92 Å². The molecule has 0 spiro atoms. The van der Waals surface area contributed by atoms with Gasteiger partial charge in [-0.25, -0.2) is 4.98 Å². The lowest BCUT2D eigenvalue weighted by molar-refractivity contribution is 0.166. The fraction of sp³-hybridized carbons (Fsp3) is 0.500. The van der Waals surface area contributed by atoms with Gasteiger partial charge in [-0.2, -0.15) is 0 Å². The maximum absolute atomic E-state index is 4.51. The van der Waals surface area contributed by atoms with Gasteiger partial charge in [-0.1, -0.05) is 0 Å². The lowest BCUT2D eigenvalue weighted by atomic mass is 9.92. The van der Waals surface area contributed by atoms with Crippen molar-refractivity contribution in [2.45, 2.75) is 32.7 Å². The monoisotopic (exact) mass is 311 g/mol. The molecular formula is C18H25N5. The molecule has 1 saturated heterocycles. The molecule has 0 unspecified atom stereocenters. The first-order valence-electron chi connectivity index (χ1n) is 8.35. The highest BCUT2D eigenvalue weighted by Gasteiger charge is 2.22. The van der Waals surface area contributed by atoms with Crippen LogP contribution in [0.4, 0.5) is 5.82 Å². The number of pyridine rings is 1. The van der Waals surface area contributed by atoms with Crippen LogP contribution in [0, 0.1) is 12.8 Å². The zero-order chi connectivity index (χ0) is 16.1. The largest absolute Gasteiger partial charge is 0.372 e. The molecule has 23 heavy (non-hydrogen) atoms. The molecular weight excluding hydrogens is 286 g/mol. The molecule has 5 heteroatoms. The van der Waals surface area contributed by atoms with Crippen LogP contribution in [-0.4, -0.2) is 40.0 Å². The maximum atomic E-state index is 4.51. The molecule has 1 aliphatic rings. The number of aryl methyl sites for hydroxylation is 1. The molecule has 3 heterocycles. The summed E-state index contributed by atoms with van der Waals surface area (Å²) in [5.41, 5.74) is 3.75. The minimum absolute atomic E-state index is 0.648.